The lowest BCUT2D eigenvalue weighted by Gasteiger charge is -2.21. The third kappa shape index (κ3) is 3.03. The van der Waals surface area contributed by atoms with Crippen molar-refractivity contribution >= 4 is 34.8 Å². The van der Waals surface area contributed by atoms with Gasteiger partial charge in [0.25, 0.3) is 5.91 Å². The average molecular weight is 343 g/mol. The largest absolute Gasteiger partial charge is 0.496 e. The number of ether oxygens (including phenoxy) is 1. The summed E-state index contributed by atoms with van der Waals surface area (Å²) in [5.41, 5.74) is 3.24. The van der Waals surface area contributed by atoms with E-state index in [1.165, 1.54) is 0 Å². The molecule has 0 atom stereocenters. The van der Waals surface area contributed by atoms with E-state index in [-0.39, 0.29) is 5.91 Å². The Morgan fingerprint density at radius 3 is 2.67 bits per heavy atom. The summed E-state index contributed by atoms with van der Waals surface area (Å²) >= 11 is 6.14. The molecule has 0 fully saturated rings. The first-order valence-electron chi connectivity index (χ1n) is 7.62. The smallest absolute Gasteiger partial charge is 0.260 e. The van der Waals surface area contributed by atoms with Crippen molar-refractivity contribution < 1.29 is 9.53 Å². The maximum absolute atomic E-state index is 13.0. The van der Waals surface area contributed by atoms with Gasteiger partial charge in [0.1, 0.15) is 5.75 Å². The molecule has 0 spiro atoms. The van der Waals surface area contributed by atoms with Gasteiger partial charge < -0.3 is 4.74 Å². The van der Waals surface area contributed by atoms with Gasteiger partial charge in [0.2, 0.25) is 0 Å². The van der Waals surface area contributed by atoms with Crippen LogP contribution in [0, 0.1) is 0 Å². The maximum atomic E-state index is 13.0. The molecule has 0 aliphatic carbocycles. The molecule has 2 aromatic rings. The third-order valence-electron chi connectivity index (χ3n) is 3.88. The van der Waals surface area contributed by atoms with E-state index in [0.717, 1.165) is 22.6 Å². The molecule has 24 heavy (non-hydrogen) atoms. The average Bonchev–Trinajstić information content (AvgIpc) is 2.80. The highest BCUT2D eigenvalue weighted by molar-refractivity contribution is 6.37. The summed E-state index contributed by atoms with van der Waals surface area (Å²) in [7, 11) is 5.48. The van der Waals surface area contributed by atoms with Crippen molar-refractivity contribution in [1.82, 2.24) is 4.90 Å². The fourth-order valence-electron chi connectivity index (χ4n) is 2.83. The Bertz CT molecular complexity index is 815. The molecule has 0 aromatic heterocycles. The van der Waals surface area contributed by atoms with E-state index < -0.39 is 0 Å². The number of halogens is 1. The summed E-state index contributed by atoms with van der Waals surface area (Å²) in [4.78, 5) is 16.7. The van der Waals surface area contributed by atoms with Gasteiger partial charge >= 0.3 is 0 Å². The van der Waals surface area contributed by atoms with Crippen LogP contribution in [0.5, 0.6) is 5.75 Å². The number of amides is 1. The van der Waals surface area contributed by atoms with Crippen molar-refractivity contribution in [1.29, 1.82) is 0 Å². The summed E-state index contributed by atoms with van der Waals surface area (Å²) in [5.74, 6) is 0.700. The second kappa shape index (κ2) is 6.67. The SMILES string of the molecule is COc1ccccc1/C=C1\C(=O)N(CN(C)C)c2cc(Cl)ccc21. The number of methoxy groups -OCH3 is 1. The fourth-order valence-corrected chi connectivity index (χ4v) is 3.00. The van der Waals surface area contributed by atoms with Gasteiger partial charge in [0.05, 0.1) is 19.5 Å². The predicted molar refractivity (Wildman–Crippen MR) is 98.4 cm³/mol. The minimum atomic E-state index is -0.0353. The van der Waals surface area contributed by atoms with Crippen molar-refractivity contribution in [2.45, 2.75) is 0 Å². The zero-order valence-electron chi connectivity index (χ0n) is 13.9. The van der Waals surface area contributed by atoms with Crippen molar-refractivity contribution in [3.8, 4) is 5.75 Å². The lowest BCUT2D eigenvalue weighted by molar-refractivity contribution is -0.113. The topological polar surface area (TPSA) is 32.8 Å². The highest BCUT2D eigenvalue weighted by Crippen LogP contribution is 2.40. The maximum Gasteiger partial charge on any atom is 0.260 e. The number of fused-ring (bicyclic) bond motifs is 1. The zero-order chi connectivity index (χ0) is 17.3. The molecule has 1 aliphatic rings. The lowest BCUT2D eigenvalue weighted by Crippen LogP contribution is -2.35. The summed E-state index contributed by atoms with van der Waals surface area (Å²) < 4.78 is 5.39. The van der Waals surface area contributed by atoms with Gasteiger partial charge in [-0.2, -0.15) is 0 Å². The molecule has 0 radical (unpaired) electrons. The Kier molecular flexibility index (Phi) is 4.60. The van der Waals surface area contributed by atoms with E-state index in [9.17, 15) is 4.79 Å². The molecule has 2 aromatic carbocycles. The monoisotopic (exact) mass is 342 g/mol. The Morgan fingerprint density at radius 1 is 1.21 bits per heavy atom. The van der Waals surface area contributed by atoms with Gasteiger partial charge in [-0.1, -0.05) is 35.9 Å². The second-order valence-corrected chi connectivity index (χ2v) is 6.35. The molecule has 5 heteroatoms. The molecule has 0 saturated carbocycles. The molecule has 1 amide bonds. The van der Waals surface area contributed by atoms with Gasteiger partial charge in [-0.25, -0.2) is 0 Å². The first-order chi connectivity index (χ1) is 11.5. The molecular weight excluding hydrogens is 324 g/mol. The number of rotatable bonds is 4. The van der Waals surface area contributed by atoms with Crippen LogP contribution in [0.2, 0.25) is 5.02 Å². The van der Waals surface area contributed by atoms with Crippen LogP contribution in [-0.2, 0) is 4.79 Å². The zero-order valence-corrected chi connectivity index (χ0v) is 14.7. The number of carbonyl (C=O) groups is 1. The van der Waals surface area contributed by atoms with Crippen LogP contribution in [0.25, 0.3) is 11.6 Å². The van der Waals surface area contributed by atoms with Crippen LogP contribution in [0.3, 0.4) is 0 Å². The van der Waals surface area contributed by atoms with Crippen molar-refractivity contribution in [3.05, 3.63) is 58.6 Å². The quantitative estimate of drug-likeness (QED) is 0.793. The van der Waals surface area contributed by atoms with E-state index in [4.69, 9.17) is 16.3 Å². The number of anilines is 1. The second-order valence-electron chi connectivity index (χ2n) is 5.92. The van der Waals surface area contributed by atoms with Crippen LogP contribution in [0.4, 0.5) is 5.69 Å². The molecule has 0 saturated heterocycles. The van der Waals surface area contributed by atoms with E-state index in [1.54, 1.807) is 12.0 Å². The molecule has 124 valence electrons. The third-order valence-corrected chi connectivity index (χ3v) is 4.11. The van der Waals surface area contributed by atoms with Crippen molar-refractivity contribution in [2.75, 3.05) is 32.8 Å². The molecule has 0 N–H and O–H groups in total. The number of benzene rings is 2. The van der Waals surface area contributed by atoms with Gasteiger partial charge in [0, 0.05) is 21.7 Å². The number of carbonyl (C=O) groups excluding carboxylic acids is 1. The van der Waals surface area contributed by atoms with Gasteiger partial charge in [-0.05, 0) is 38.4 Å². The summed E-state index contributed by atoms with van der Waals surface area (Å²) in [6.07, 6.45) is 1.88. The van der Waals surface area contributed by atoms with Gasteiger partial charge in [-0.15, -0.1) is 0 Å². The van der Waals surface area contributed by atoms with Crippen LogP contribution < -0.4 is 9.64 Å². The molecule has 4 nitrogen and oxygen atoms in total. The summed E-state index contributed by atoms with van der Waals surface area (Å²) in [6.45, 7) is 0.495. The molecule has 0 bridgehead atoms. The fraction of sp³-hybridized carbons (Fsp3) is 0.211. The van der Waals surface area contributed by atoms with Crippen LogP contribution in [0.1, 0.15) is 11.1 Å². The van der Waals surface area contributed by atoms with E-state index >= 15 is 0 Å². The number of hydrogen-bond acceptors (Lipinski definition) is 3. The predicted octanol–water partition coefficient (Wildman–Crippen LogP) is 3.75. The van der Waals surface area contributed by atoms with E-state index in [1.807, 2.05) is 67.5 Å². The van der Waals surface area contributed by atoms with Gasteiger partial charge in [-0.3, -0.25) is 14.6 Å². The van der Waals surface area contributed by atoms with Crippen molar-refractivity contribution in [2.24, 2.45) is 0 Å². The Labute approximate surface area is 146 Å². The Balaban J connectivity index is 2.12. The van der Waals surface area contributed by atoms with Crippen LogP contribution in [0.15, 0.2) is 42.5 Å². The van der Waals surface area contributed by atoms with E-state index in [0.29, 0.717) is 17.3 Å². The molecule has 0 unspecified atom stereocenters. The standard InChI is InChI=1S/C19H19ClN2O2/c1-21(2)12-22-17-11-14(20)8-9-15(17)16(19(22)23)10-13-6-4-5-7-18(13)24-3/h4-11H,12H2,1-3H3/b16-10-. The number of hydrogen-bond donors (Lipinski definition) is 0. The molecule has 1 aliphatic heterocycles. The first-order valence-corrected chi connectivity index (χ1v) is 8.00. The first kappa shape index (κ1) is 16.6. The summed E-state index contributed by atoms with van der Waals surface area (Å²) in [5, 5.41) is 0.615. The normalized spacial score (nSPS) is 15.3. The van der Waals surface area contributed by atoms with Crippen LogP contribution >= 0.6 is 11.6 Å². The number of para-hydroxylation sites is 1. The lowest BCUT2D eigenvalue weighted by atomic mass is 10.0. The summed E-state index contributed by atoms with van der Waals surface area (Å²) in [6, 6.07) is 13.2. The highest BCUT2D eigenvalue weighted by atomic mass is 35.5. The highest BCUT2D eigenvalue weighted by Gasteiger charge is 2.32. The molecular formula is C19H19ClN2O2. The Hall–Kier alpha value is -2.30. The minimum absolute atomic E-state index is 0.0353. The van der Waals surface area contributed by atoms with Gasteiger partial charge in [0.15, 0.2) is 0 Å². The molecule has 3 rings (SSSR count). The molecule has 1 heterocycles. The minimum Gasteiger partial charge on any atom is -0.496 e. The Morgan fingerprint density at radius 2 is 1.96 bits per heavy atom. The van der Waals surface area contributed by atoms with E-state index in [2.05, 4.69) is 0 Å². The number of nitrogens with zero attached hydrogens (tertiary/aromatic N) is 2. The van der Waals surface area contributed by atoms with Crippen molar-refractivity contribution in [3.63, 3.8) is 0 Å². The van der Waals surface area contributed by atoms with Crippen LogP contribution in [-0.4, -0.2) is 38.7 Å².